The Bertz CT molecular complexity index is 970. The molecule has 0 atom stereocenters. The van der Waals surface area contributed by atoms with E-state index >= 15 is 0 Å². The Morgan fingerprint density at radius 2 is 1.70 bits per heavy atom. The van der Waals surface area contributed by atoms with Crippen LogP contribution in [-0.2, 0) is 10.0 Å². The number of sulfonamides is 1. The fourth-order valence-corrected chi connectivity index (χ4v) is 2.79. The lowest BCUT2D eigenvalue weighted by atomic mass is 10.0. The van der Waals surface area contributed by atoms with Gasteiger partial charge in [0.05, 0.1) is 5.56 Å². The summed E-state index contributed by atoms with van der Waals surface area (Å²) in [6, 6.07) is 10.7. The van der Waals surface area contributed by atoms with Gasteiger partial charge in [0, 0.05) is 5.56 Å². The molecule has 0 unspecified atom stereocenters. The van der Waals surface area contributed by atoms with E-state index in [2.05, 4.69) is 9.68 Å². The molecule has 118 valence electrons. The fourth-order valence-electron chi connectivity index (χ4n) is 2.20. The SMILES string of the molecule is NS(=O)(=O)c1ccc(-c2c(-c3ccccc3)noc2[18F])cc1F. The number of hydrogen-bond donors (Lipinski definition) is 1. The first-order valence-corrected chi connectivity index (χ1v) is 7.96. The van der Waals surface area contributed by atoms with E-state index in [0.717, 1.165) is 12.1 Å². The maximum absolute atomic E-state index is 14.0. The van der Waals surface area contributed by atoms with Gasteiger partial charge in [0.2, 0.25) is 10.0 Å². The predicted molar refractivity (Wildman–Crippen MR) is 78.7 cm³/mol. The predicted octanol–water partition coefficient (Wildman–Crippen LogP) is 2.93. The zero-order valence-electron chi connectivity index (χ0n) is 11.5. The lowest BCUT2D eigenvalue weighted by molar-refractivity contribution is 0.284. The number of hydrogen-bond acceptors (Lipinski definition) is 4. The monoisotopic (exact) mass is 335 g/mol. The molecule has 0 amide bonds. The van der Waals surface area contributed by atoms with Gasteiger partial charge in [-0.05, 0) is 17.7 Å². The van der Waals surface area contributed by atoms with Gasteiger partial charge in [-0.15, -0.1) is 0 Å². The Morgan fingerprint density at radius 3 is 2.30 bits per heavy atom. The molecule has 0 fully saturated rings. The summed E-state index contributed by atoms with van der Waals surface area (Å²) in [7, 11) is -4.20. The number of nitrogens with zero attached hydrogens (tertiary/aromatic N) is 1. The van der Waals surface area contributed by atoms with Crippen LogP contribution in [0.3, 0.4) is 0 Å². The molecule has 0 aliphatic carbocycles. The van der Waals surface area contributed by atoms with E-state index in [9.17, 15) is 17.2 Å². The highest BCUT2D eigenvalue weighted by Gasteiger charge is 2.22. The van der Waals surface area contributed by atoms with Crippen LogP contribution < -0.4 is 5.14 Å². The quantitative estimate of drug-likeness (QED) is 0.797. The second-order valence-corrected chi connectivity index (χ2v) is 6.27. The molecule has 23 heavy (non-hydrogen) atoms. The molecule has 3 aromatic rings. The molecule has 3 rings (SSSR count). The van der Waals surface area contributed by atoms with Crippen molar-refractivity contribution >= 4 is 10.0 Å². The smallest absolute Gasteiger partial charge is 0.314 e. The van der Waals surface area contributed by atoms with Crippen molar-refractivity contribution in [2.45, 2.75) is 4.90 Å². The third-order valence-electron chi connectivity index (χ3n) is 3.22. The van der Waals surface area contributed by atoms with Gasteiger partial charge in [-0.25, -0.2) is 17.9 Å². The maximum Gasteiger partial charge on any atom is 0.314 e. The first-order chi connectivity index (χ1) is 10.9. The van der Waals surface area contributed by atoms with Crippen LogP contribution in [0.25, 0.3) is 22.4 Å². The largest absolute Gasteiger partial charge is 0.325 e. The molecular weight excluding hydrogens is 325 g/mol. The first kappa shape index (κ1) is 15.3. The highest BCUT2D eigenvalue weighted by Crippen LogP contribution is 2.34. The summed E-state index contributed by atoms with van der Waals surface area (Å²) in [6.07, 6.45) is 0. The van der Waals surface area contributed by atoms with E-state index in [-0.39, 0.29) is 16.8 Å². The number of benzene rings is 2. The van der Waals surface area contributed by atoms with Crippen molar-refractivity contribution in [3.05, 3.63) is 60.4 Å². The maximum atomic E-state index is 14.0. The van der Waals surface area contributed by atoms with Crippen molar-refractivity contribution in [3.63, 3.8) is 0 Å². The Morgan fingerprint density at radius 1 is 1.00 bits per heavy atom. The second kappa shape index (κ2) is 5.56. The van der Waals surface area contributed by atoms with Crippen molar-refractivity contribution in [2.24, 2.45) is 5.14 Å². The van der Waals surface area contributed by atoms with Crippen LogP contribution in [0.1, 0.15) is 0 Å². The van der Waals surface area contributed by atoms with Crippen LogP contribution in [0.2, 0.25) is 0 Å². The van der Waals surface area contributed by atoms with Crippen molar-refractivity contribution < 1.29 is 21.7 Å². The third-order valence-corrected chi connectivity index (χ3v) is 4.17. The first-order valence-electron chi connectivity index (χ1n) is 6.41. The summed E-state index contributed by atoms with van der Waals surface area (Å²) in [5.74, 6) is -1.08. The van der Waals surface area contributed by atoms with E-state index in [4.69, 9.17) is 5.14 Å². The molecule has 0 radical (unpaired) electrons. The minimum absolute atomic E-state index is 0.0592. The molecule has 0 saturated carbocycles. The van der Waals surface area contributed by atoms with E-state index in [0.29, 0.717) is 5.56 Å². The van der Waals surface area contributed by atoms with Crippen LogP contribution in [0.5, 0.6) is 0 Å². The minimum Gasteiger partial charge on any atom is -0.325 e. The van der Waals surface area contributed by atoms with Gasteiger partial charge in [0.1, 0.15) is 16.4 Å². The van der Waals surface area contributed by atoms with Gasteiger partial charge in [-0.2, -0.15) is 4.39 Å². The summed E-state index contributed by atoms with van der Waals surface area (Å²) < 4.78 is 55.0. The minimum atomic E-state index is -4.20. The van der Waals surface area contributed by atoms with Crippen molar-refractivity contribution in [2.75, 3.05) is 0 Å². The highest BCUT2D eigenvalue weighted by molar-refractivity contribution is 7.89. The number of nitrogens with two attached hydrogens (primary N) is 1. The van der Waals surface area contributed by atoms with Crippen molar-refractivity contribution in [1.29, 1.82) is 0 Å². The molecule has 0 bridgehead atoms. The van der Waals surface area contributed by atoms with Crippen LogP contribution in [0.15, 0.2) is 57.9 Å². The molecule has 0 saturated heterocycles. The normalized spacial score (nSPS) is 11.6. The lowest BCUT2D eigenvalue weighted by Gasteiger charge is -2.05. The van der Waals surface area contributed by atoms with Crippen molar-refractivity contribution in [1.82, 2.24) is 5.16 Å². The Kier molecular flexibility index (Phi) is 3.70. The number of halogens is 2. The molecule has 0 spiro atoms. The number of aromatic nitrogens is 1. The fraction of sp³-hybridized carbons (Fsp3) is 0. The Balaban J connectivity index is 2.17. The van der Waals surface area contributed by atoms with Gasteiger partial charge in [-0.3, -0.25) is 0 Å². The Hall–Kier alpha value is -2.58. The van der Waals surface area contributed by atoms with Gasteiger partial charge in [-0.1, -0.05) is 41.6 Å². The zero-order valence-corrected chi connectivity index (χ0v) is 12.3. The number of primary sulfonamides is 1. The molecular formula is C15H10F2N2O3S. The van der Waals surface area contributed by atoms with Gasteiger partial charge >= 0.3 is 6.01 Å². The van der Waals surface area contributed by atoms with E-state index in [1.807, 2.05) is 0 Å². The molecule has 0 aliphatic heterocycles. The summed E-state index contributed by atoms with van der Waals surface area (Å²) in [5, 5.41) is 8.55. The topological polar surface area (TPSA) is 86.2 Å². The van der Waals surface area contributed by atoms with Crippen LogP contribution in [-0.4, -0.2) is 13.6 Å². The molecule has 2 N–H and O–H groups in total. The van der Waals surface area contributed by atoms with Gasteiger partial charge < -0.3 is 4.52 Å². The van der Waals surface area contributed by atoms with Crippen molar-refractivity contribution in [3.8, 4) is 22.4 Å². The lowest BCUT2D eigenvalue weighted by Crippen LogP contribution is -2.13. The van der Waals surface area contributed by atoms with Crippen LogP contribution in [0.4, 0.5) is 8.78 Å². The summed E-state index contributed by atoms with van der Waals surface area (Å²) in [6.45, 7) is 0. The number of rotatable bonds is 3. The Labute approximate surface area is 130 Å². The molecule has 1 heterocycles. The average Bonchev–Trinajstić information content (AvgIpc) is 2.88. The standard InChI is InChI=1S/C15H10F2N2O3S/c16-11-8-10(6-7-12(11)23(18,20)21)13-14(19-22-15(13)17)9-4-2-1-3-5-9/h1-8H,(H2,18,20,21)/i17-1. The summed E-state index contributed by atoms with van der Waals surface area (Å²) in [5.41, 5.74) is 0.792. The molecule has 0 aliphatic rings. The molecule has 1 aromatic heterocycles. The van der Waals surface area contributed by atoms with E-state index in [1.54, 1.807) is 30.3 Å². The molecule has 2 aromatic carbocycles. The average molecular weight is 335 g/mol. The molecule has 8 heteroatoms. The van der Waals surface area contributed by atoms with Crippen LogP contribution in [0, 0.1) is 11.8 Å². The molecule has 5 nitrogen and oxygen atoms in total. The summed E-state index contributed by atoms with van der Waals surface area (Å²) in [4.78, 5) is -0.667. The summed E-state index contributed by atoms with van der Waals surface area (Å²) >= 11 is 0. The second-order valence-electron chi connectivity index (χ2n) is 4.74. The third kappa shape index (κ3) is 2.86. The van der Waals surface area contributed by atoms with E-state index < -0.39 is 26.8 Å². The zero-order chi connectivity index (χ0) is 16.6. The van der Waals surface area contributed by atoms with E-state index in [1.165, 1.54) is 6.07 Å². The highest BCUT2D eigenvalue weighted by atomic mass is 32.2. The van der Waals surface area contributed by atoms with Gasteiger partial charge in [0.25, 0.3) is 0 Å². The van der Waals surface area contributed by atoms with Gasteiger partial charge in [0.15, 0.2) is 0 Å². The van der Waals surface area contributed by atoms with Crippen LogP contribution >= 0.6 is 0 Å².